The molecule has 1 aromatic carbocycles. The lowest BCUT2D eigenvalue weighted by Gasteiger charge is -2.24. The summed E-state index contributed by atoms with van der Waals surface area (Å²) in [4.78, 5) is 12.1. The largest absolute Gasteiger partial charge is 0.497 e. The Morgan fingerprint density at radius 1 is 1.30 bits per heavy atom. The first kappa shape index (κ1) is 17.7. The highest BCUT2D eigenvalue weighted by atomic mass is 32.2. The van der Waals surface area contributed by atoms with E-state index in [1.54, 1.807) is 12.1 Å². The third kappa shape index (κ3) is 4.66. The number of nitrogens with one attached hydrogen (secondary N) is 1. The van der Waals surface area contributed by atoms with Gasteiger partial charge in [-0.25, -0.2) is 8.42 Å². The van der Waals surface area contributed by atoms with Gasteiger partial charge in [-0.2, -0.15) is 4.31 Å². The van der Waals surface area contributed by atoms with Crippen LogP contribution < -0.4 is 10.1 Å². The van der Waals surface area contributed by atoms with Crippen molar-refractivity contribution >= 4 is 15.9 Å². The van der Waals surface area contributed by atoms with Crippen molar-refractivity contribution in [3.63, 3.8) is 0 Å². The fourth-order valence-corrected chi connectivity index (χ4v) is 3.46. The van der Waals surface area contributed by atoms with E-state index >= 15 is 0 Å². The Bertz CT molecular complexity index is 624. The zero-order chi connectivity index (χ0) is 16.9. The number of hydrogen-bond donors (Lipinski definition) is 1. The van der Waals surface area contributed by atoms with Gasteiger partial charge < -0.3 is 14.8 Å². The maximum Gasteiger partial charge on any atom is 0.243 e. The summed E-state index contributed by atoms with van der Waals surface area (Å²) in [6, 6.07) is 6.11. The van der Waals surface area contributed by atoms with Gasteiger partial charge in [0.05, 0.1) is 18.6 Å². The normalized spacial score (nSPS) is 16.3. The van der Waals surface area contributed by atoms with Gasteiger partial charge in [0.1, 0.15) is 5.75 Å². The molecule has 0 aliphatic carbocycles. The number of carbonyl (C=O) groups is 1. The van der Waals surface area contributed by atoms with Crippen LogP contribution in [0.25, 0.3) is 0 Å². The van der Waals surface area contributed by atoms with Gasteiger partial charge in [0.25, 0.3) is 0 Å². The first-order chi connectivity index (χ1) is 10.9. The van der Waals surface area contributed by atoms with E-state index in [4.69, 9.17) is 9.47 Å². The Morgan fingerprint density at radius 2 is 1.91 bits per heavy atom. The van der Waals surface area contributed by atoms with E-state index in [9.17, 15) is 13.2 Å². The third-order valence-electron chi connectivity index (χ3n) is 3.72. The van der Waals surface area contributed by atoms with E-state index in [2.05, 4.69) is 5.32 Å². The molecular formula is C15H22N2O5S. The minimum Gasteiger partial charge on any atom is -0.497 e. The van der Waals surface area contributed by atoms with E-state index in [0.29, 0.717) is 19.0 Å². The molecule has 0 saturated carbocycles. The number of nitrogens with zero attached hydrogens (tertiary/aromatic N) is 1. The van der Waals surface area contributed by atoms with Crippen molar-refractivity contribution in [2.75, 3.05) is 33.9 Å². The van der Waals surface area contributed by atoms with Crippen molar-refractivity contribution in [1.29, 1.82) is 0 Å². The lowest BCUT2D eigenvalue weighted by atomic mass is 10.1. The summed E-state index contributed by atoms with van der Waals surface area (Å²) in [6.07, 6.45) is 1.50. The number of ether oxygens (including phenoxy) is 2. The summed E-state index contributed by atoms with van der Waals surface area (Å²) >= 11 is 0. The van der Waals surface area contributed by atoms with Crippen LogP contribution in [0.5, 0.6) is 5.75 Å². The second-order valence-corrected chi connectivity index (χ2v) is 7.44. The molecule has 0 radical (unpaired) electrons. The summed E-state index contributed by atoms with van der Waals surface area (Å²) in [5.41, 5.74) is 0. The zero-order valence-corrected chi connectivity index (χ0v) is 14.1. The molecule has 128 valence electrons. The molecule has 0 aromatic heterocycles. The quantitative estimate of drug-likeness (QED) is 0.819. The van der Waals surface area contributed by atoms with Gasteiger partial charge in [-0.05, 0) is 37.1 Å². The highest BCUT2D eigenvalue weighted by Crippen LogP contribution is 2.18. The number of carbonyl (C=O) groups excluding carboxylic acids is 1. The monoisotopic (exact) mass is 342 g/mol. The lowest BCUT2D eigenvalue weighted by molar-refractivity contribution is -0.122. The topological polar surface area (TPSA) is 84.9 Å². The van der Waals surface area contributed by atoms with E-state index < -0.39 is 10.0 Å². The summed E-state index contributed by atoms with van der Waals surface area (Å²) in [5.74, 6) is 0.264. The number of methoxy groups -OCH3 is 1. The van der Waals surface area contributed by atoms with Gasteiger partial charge in [-0.3, -0.25) is 4.79 Å². The molecular weight excluding hydrogens is 320 g/mol. The Morgan fingerprint density at radius 3 is 2.48 bits per heavy atom. The Balaban J connectivity index is 1.96. The molecule has 1 aromatic rings. The predicted molar refractivity (Wildman–Crippen MR) is 84.8 cm³/mol. The van der Waals surface area contributed by atoms with Crippen molar-refractivity contribution in [2.24, 2.45) is 0 Å². The smallest absolute Gasteiger partial charge is 0.243 e. The van der Waals surface area contributed by atoms with E-state index in [0.717, 1.165) is 17.1 Å². The SMILES string of the molecule is COc1ccc(S(=O)(=O)N(C)CC(=O)NC2CCOCC2)cc1. The van der Waals surface area contributed by atoms with Crippen LogP contribution >= 0.6 is 0 Å². The Kier molecular flexibility index (Phi) is 5.97. The van der Waals surface area contributed by atoms with Crippen LogP contribution in [0.1, 0.15) is 12.8 Å². The Hall–Kier alpha value is -1.64. The number of amides is 1. The van der Waals surface area contributed by atoms with Crippen LogP contribution in [0.3, 0.4) is 0 Å². The minimum atomic E-state index is -3.71. The average Bonchev–Trinajstić information content (AvgIpc) is 2.55. The molecule has 1 amide bonds. The fourth-order valence-electron chi connectivity index (χ4n) is 2.33. The first-order valence-electron chi connectivity index (χ1n) is 7.41. The van der Waals surface area contributed by atoms with Crippen LogP contribution in [0.15, 0.2) is 29.2 Å². The highest BCUT2D eigenvalue weighted by molar-refractivity contribution is 7.89. The molecule has 8 heteroatoms. The zero-order valence-electron chi connectivity index (χ0n) is 13.3. The van der Waals surface area contributed by atoms with Crippen LogP contribution in [0.2, 0.25) is 0 Å². The molecule has 23 heavy (non-hydrogen) atoms. The molecule has 1 aliphatic heterocycles. The fraction of sp³-hybridized carbons (Fsp3) is 0.533. The van der Waals surface area contributed by atoms with Crippen molar-refractivity contribution in [3.8, 4) is 5.75 Å². The van der Waals surface area contributed by atoms with Crippen molar-refractivity contribution in [2.45, 2.75) is 23.8 Å². The summed E-state index contributed by atoms with van der Waals surface area (Å²) < 4.78 is 36.2. The molecule has 0 spiro atoms. The molecule has 2 rings (SSSR count). The standard InChI is InChI=1S/C15H22N2O5S/c1-17(11-15(18)16-12-7-9-22-10-8-12)23(19,20)14-5-3-13(21-2)4-6-14/h3-6,12H,7-11H2,1-2H3,(H,16,18). The van der Waals surface area contributed by atoms with Crippen LogP contribution in [-0.2, 0) is 19.6 Å². The number of benzene rings is 1. The summed E-state index contributed by atoms with van der Waals surface area (Å²) in [6.45, 7) is 1.02. The minimum absolute atomic E-state index is 0.0494. The van der Waals surface area contributed by atoms with Crippen molar-refractivity contribution in [1.82, 2.24) is 9.62 Å². The molecule has 1 aliphatic rings. The van der Waals surface area contributed by atoms with Crippen molar-refractivity contribution in [3.05, 3.63) is 24.3 Å². The lowest BCUT2D eigenvalue weighted by Crippen LogP contribution is -2.44. The van der Waals surface area contributed by atoms with E-state index in [-0.39, 0.29) is 23.4 Å². The molecule has 0 bridgehead atoms. The van der Waals surface area contributed by atoms with Gasteiger partial charge in [0, 0.05) is 26.3 Å². The van der Waals surface area contributed by atoms with Gasteiger partial charge in [0.15, 0.2) is 0 Å². The Labute approximate surface area is 136 Å². The number of sulfonamides is 1. The van der Waals surface area contributed by atoms with Crippen LogP contribution in [0.4, 0.5) is 0 Å². The second kappa shape index (κ2) is 7.76. The molecule has 1 saturated heterocycles. The molecule has 0 atom stereocenters. The maximum absolute atomic E-state index is 12.4. The molecule has 7 nitrogen and oxygen atoms in total. The number of likely N-dealkylation sites (N-methyl/N-ethyl adjacent to an activating group) is 1. The molecule has 0 unspecified atom stereocenters. The number of rotatable bonds is 6. The maximum atomic E-state index is 12.4. The number of hydrogen-bond acceptors (Lipinski definition) is 5. The first-order valence-corrected chi connectivity index (χ1v) is 8.85. The van der Waals surface area contributed by atoms with Crippen molar-refractivity contribution < 1.29 is 22.7 Å². The van der Waals surface area contributed by atoms with Gasteiger partial charge in [-0.15, -0.1) is 0 Å². The van der Waals surface area contributed by atoms with Crippen LogP contribution in [-0.4, -0.2) is 58.6 Å². The summed E-state index contributed by atoms with van der Waals surface area (Å²) in [5, 5.41) is 2.85. The third-order valence-corrected chi connectivity index (χ3v) is 5.54. The average molecular weight is 342 g/mol. The second-order valence-electron chi connectivity index (χ2n) is 5.39. The van der Waals surface area contributed by atoms with E-state index in [1.165, 1.54) is 26.3 Å². The van der Waals surface area contributed by atoms with Gasteiger partial charge in [-0.1, -0.05) is 0 Å². The molecule has 1 fully saturated rings. The van der Waals surface area contributed by atoms with E-state index in [1.807, 2.05) is 0 Å². The molecule has 1 N–H and O–H groups in total. The summed E-state index contributed by atoms with van der Waals surface area (Å²) in [7, 11) is -0.805. The predicted octanol–water partition coefficient (Wildman–Crippen LogP) is 0.611. The van der Waals surface area contributed by atoms with Gasteiger partial charge in [0.2, 0.25) is 15.9 Å². The van der Waals surface area contributed by atoms with Crippen LogP contribution in [0, 0.1) is 0 Å². The van der Waals surface area contributed by atoms with Gasteiger partial charge >= 0.3 is 0 Å². The highest BCUT2D eigenvalue weighted by Gasteiger charge is 2.24. The molecule has 1 heterocycles.